The third kappa shape index (κ3) is 5.73. The predicted molar refractivity (Wildman–Crippen MR) is 116 cm³/mol. The lowest BCUT2D eigenvalue weighted by Crippen LogP contribution is -2.42. The average molecular weight is 491 g/mol. The van der Waals surface area contributed by atoms with Crippen molar-refractivity contribution >= 4 is 47.2 Å². The molecule has 0 saturated carbocycles. The molecule has 2 aromatic heterocycles. The van der Waals surface area contributed by atoms with E-state index in [1.54, 1.807) is 31.4 Å². The van der Waals surface area contributed by atoms with Gasteiger partial charge in [-0.15, -0.1) is 35.3 Å². The van der Waals surface area contributed by atoms with Crippen molar-refractivity contribution < 1.29 is 13.9 Å². The van der Waals surface area contributed by atoms with E-state index in [-0.39, 0.29) is 29.4 Å². The summed E-state index contributed by atoms with van der Waals surface area (Å²) in [6.07, 6.45) is 0. The Bertz CT molecular complexity index is 739. The summed E-state index contributed by atoms with van der Waals surface area (Å²) in [5.41, 5.74) is 0.451. The van der Waals surface area contributed by atoms with Gasteiger partial charge in [-0.05, 0) is 24.4 Å². The number of rotatable bonds is 6. The number of thiophene rings is 1. The molecule has 0 aliphatic heterocycles. The van der Waals surface area contributed by atoms with Gasteiger partial charge in [0.2, 0.25) is 0 Å². The summed E-state index contributed by atoms with van der Waals surface area (Å²) in [4.78, 5) is 17.2. The molecule has 0 unspecified atom stereocenters. The Morgan fingerprint density at radius 1 is 1.38 bits per heavy atom. The lowest BCUT2D eigenvalue weighted by atomic mass is 9.91. The Morgan fingerprint density at radius 3 is 2.69 bits per heavy atom. The van der Waals surface area contributed by atoms with E-state index in [4.69, 9.17) is 9.15 Å². The van der Waals surface area contributed by atoms with Gasteiger partial charge in [-0.3, -0.25) is 4.99 Å². The largest absolute Gasteiger partial charge is 0.465 e. The Balaban J connectivity index is 0.00000338. The van der Waals surface area contributed by atoms with E-state index in [9.17, 15) is 4.79 Å². The number of aryl methyl sites for hydroxylation is 1. The molecule has 6 nitrogen and oxygen atoms in total. The minimum absolute atomic E-state index is 0. The normalized spacial score (nSPS) is 11.7. The first-order valence-corrected chi connectivity index (χ1v) is 8.91. The van der Waals surface area contributed by atoms with Crippen LogP contribution in [0.25, 0.3) is 0 Å². The highest BCUT2D eigenvalue weighted by atomic mass is 127. The minimum Gasteiger partial charge on any atom is -0.465 e. The lowest BCUT2D eigenvalue weighted by Gasteiger charge is -2.24. The number of ether oxygens (including phenoxy) is 1. The highest BCUT2D eigenvalue weighted by molar-refractivity contribution is 14.0. The van der Waals surface area contributed by atoms with E-state index in [1.165, 1.54) is 12.0 Å². The van der Waals surface area contributed by atoms with Crippen LogP contribution in [0.5, 0.6) is 0 Å². The van der Waals surface area contributed by atoms with Crippen LogP contribution in [0.1, 0.15) is 40.6 Å². The molecule has 144 valence electrons. The molecular formula is C18H26IN3O3S. The van der Waals surface area contributed by atoms with E-state index in [2.05, 4.69) is 47.0 Å². The fourth-order valence-corrected chi connectivity index (χ4v) is 3.24. The first-order chi connectivity index (χ1) is 11.9. The number of aliphatic imine (C=N–C) groups is 1. The van der Waals surface area contributed by atoms with Crippen LogP contribution in [0, 0.1) is 6.92 Å². The second-order valence-corrected chi connectivity index (χ2v) is 7.26. The summed E-state index contributed by atoms with van der Waals surface area (Å²) in [7, 11) is 3.08. The number of methoxy groups -OCH3 is 1. The van der Waals surface area contributed by atoms with E-state index >= 15 is 0 Å². The zero-order valence-corrected chi connectivity index (χ0v) is 18.9. The standard InChI is InChI=1S/C18H25N3O3S.HI/c1-12-14(16(22)23-5)9-13(24-12)10-20-17(19-4)21-11-18(2,3)15-7-6-8-25-15;/h6-9H,10-11H2,1-5H3,(H2,19,20,21);1H. The maximum atomic E-state index is 11.6. The van der Waals surface area contributed by atoms with Crippen LogP contribution in [0.15, 0.2) is 33.0 Å². The van der Waals surface area contributed by atoms with Crippen molar-refractivity contribution in [1.82, 2.24) is 10.6 Å². The van der Waals surface area contributed by atoms with Gasteiger partial charge < -0.3 is 19.8 Å². The SMILES string of the molecule is CN=C(NCc1cc(C(=O)OC)c(C)o1)NCC(C)(C)c1cccs1.I. The molecule has 8 heteroatoms. The quantitative estimate of drug-likeness (QED) is 0.279. The first kappa shape index (κ1) is 22.5. The van der Waals surface area contributed by atoms with Crippen molar-refractivity contribution in [3.8, 4) is 0 Å². The molecule has 0 radical (unpaired) electrons. The van der Waals surface area contributed by atoms with Crippen molar-refractivity contribution in [2.75, 3.05) is 20.7 Å². The van der Waals surface area contributed by atoms with Crippen LogP contribution >= 0.6 is 35.3 Å². The van der Waals surface area contributed by atoms with Crippen molar-refractivity contribution in [2.45, 2.75) is 32.7 Å². The molecule has 26 heavy (non-hydrogen) atoms. The number of guanidine groups is 1. The number of nitrogens with one attached hydrogen (secondary N) is 2. The minimum atomic E-state index is -0.396. The van der Waals surface area contributed by atoms with Gasteiger partial charge in [0.25, 0.3) is 0 Å². The molecule has 0 spiro atoms. The van der Waals surface area contributed by atoms with Gasteiger partial charge in [0.15, 0.2) is 5.96 Å². The van der Waals surface area contributed by atoms with E-state index < -0.39 is 5.97 Å². The molecule has 2 aromatic rings. The number of carbonyl (C=O) groups excluding carboxylic acids is 1. The van der Waals surface area contributed by atoms with Crippen LogP contribution in [-0.2, 0) is 16.7 Å². The molecule has 2 heterocycles. The smallest absolute Gasteiger partial charge is 0.341 e. The van der Waals surface area contributed by atoms with Crippen molar-refractivity contribution in [2.24, 2.45) is 4.99 Å². The fourth-order valence-electron chi connectivity index (χ4n) is 2.39. The molecule has 0 aromatic carbocycles. The van der Waals surface area contributed by atoms with Crippen LogP contribution in [0.3, 0.4) is 0 Å². The molecule has 0 fully saturated rings. The molecule has 0 bridgehead atoms. The highest BCUT2D eigenvalue weighted by Gasteiger charge is 2.22. The molecule has 2 N–H and O–H groups in total. The average Bonchev–Trinajstić information content (AvgIpc) is 3.24. The predicted octanol–water partition coefficient (Wildman–Crippen LogP) is 3.70. The van der Waals surface area contributed by atoms with Crippen LogP contribution in [0.2, 0.25) is 0 Å². The van der Waals surface area contributed by atoms with Crippen molar-refractivity contribution in [1.29, 1.82) is 0 Å². The lowest BCUT2D eigenvalue weighted by molar-refractivity contribution is 0.0599. The fraction of sp³-hybridized carbons (Fsp3) is 0.444. The third-order valence-electron chi connectivity index (χ3n) is 3.91. The van der Waals surface area contributed by atoms with Crippen LogP contribution in [-0.4, -0.2) is 32.6 Å². The summed E-state index contributed by atoms with van der Waals surface area (Å²) in [6, 6.07) is 5.90. The maximum absolute atomic E-state index is 11.6. The monoisotopic (exact) mass is 491 g/mol. The Morgan fingerprint density at radius 2 is 2.12 bits per heavy atom. The zero-order valence-electron chi connectivity index (χ0n) is 15.7. The molecule has 0 aliphatic rings. The molecule has 2 rings (SSSR count). The summed E-state index contributed by atoms with van der Waals surface area (Å²) in [5.74, 6) is 1.48. The zero-order chi connectivity index (χ0) is 18.4. The van der Waals surface area contributed by atoms with E-state index in [0.29, 0.717) is 29.6 Å². The van der Waals surface area contributed by atoms with Gasteiger partial charge in [0.1, 0.15) is 17.1 Å². The number of hydrogen-bond donors (Lipinski definition) is 2. The summed E-state index contributed by atoms with van der Waals surface area (Å²) >= 11 is 1.75. The number of nitrogens with zero attached hydrogens (tertiary/aromatic N) is 1. The second kappa shape index (κ2) is 9.96. The first-order valence-electron chi connectivity index (χ1n) is 8.03. The number of esters is 1. The Hall–Kier alpha value is -1.55. The van der Waals surface area contributed by atoms with Crippen molar-refractivity contribution in [3.63, 3.8) is 0 Å². The van der Waals surface area contributed by atoms with Gasteiger partial charge >= 0.3 is 5.97 Å². The maximum Gasteiger partial charge on any atom is 0.341 e. The highest BCUT2D eigenvalue weighted by Crippen LogP contribution is 2.26. The van der Waals surface area contributed by atoms with Gasteiger partial charge in [-0.25, -0.2) is 4.79 Å². The topological polar surface area (TPSA) is 75.9 Å². The van der Waals surface area contributed by atoms with Gasteiger partial charge in [-0.2, -0.15) is 0 Å². The molecule has 0 amide bonds. The van der Waals surface area contributed by atoms with Gasteiger partial charge in [0, 0.05) is 23.9 Å². The Kier molecular flexibility index (Phi) is 8.61. The third-order valence-corrected chi connectivity index (χ3v) is 5.15. The van der Waals surface area contributed by atoms with Crippen molar-refractivity contribution in [3.05, 3.63) is 45.5 Å². The summed E-state index contributed by atoms with van der Waals surface area (Å²) < 4.78 is 10.3. The van der Waals surface area contributed by atoms with E-state index in [1.807, 2.05) is 0 Å². The summed E-state index contributed by atoms with van der Waals surface area (Å²) in [5, 5.41) is 8.62. The molecular weight excluding hydrogens is 465 g/mol. The van der Waals surface area contributed by atoms with Crippen LogP contribution < -0.4 is 10.6 Å². The van der Waals surface area contributed by atoms with E-state index in [0.717, 1.165) is 6.54 Å². The molecule has 0 saturated heterocycles. The van der Waals surface area contributed by atoms with Gasteiger partial charge in [-0.1, -0.05) is 19.9 Å². The number of hydrogen-bond acceptors (Lipinski definition) is 5. The molecule has 0 atom stereocenters. The molecule has 0 aliphatic carbocycles. The Labute approximate surface area is 175 Å². The second-order valence-electron chi connectivity index (χ2n) is 6.31. The number of carbonyl (C=O) groups is 1. The number of halogens is 1. The summed E-state index contributed by atoms with van der Waals surface area (Å²) in [6.45, 7) is 7.30. The number of furan rings is 1. The van der Waals surface area contributed by atoms with Crippen LogP contribution in [0.4, 0.5) is 0 Å². The van der Waals surface area contributed by atoms with Gasteiger partial charge in [0.05, 0.1) is 13.7 Å².